The van der Waals surface area contributed by atoms with Crippen LogP contribution >= 0.6 is 11.6 Å². The van der Waals surface area contributed by atoms with Crippen LogP contribution in [0.15, 0.2) is 18.3 Å². The second kappa shape index (κ2) is 10.1. The van der Waals surface area contributed by atoms with Crippen LogP contribution in [0.1, 0.15) is 29.4 Å². The van der Waals surface area contributed by atoms with Crippen molar-refractivity contribution in [2.24, 2.45) is 5.73 Å². The van der Waals surface area contributed by atoms with Crippen LogP contribution < -0.4 is 26.6 Å². The van der Waals surface area contributed by atoms with Crippen molar-refractivity contribution in [2.45, 2.75) is 25.5 Å². The van der Waals surface area contributed by atoms with E-state index in [1.807, 2.05) is 13.0 Å². The molecule has 1 fully saturated rings. The van der Waals surface area contributed by atoms with E-state index in [2.05, 4.69) is 31.0 Å². The van der Waals surface area contributed by atoms with Crippen molar-refractivity contribution >= 4 is 52.4 Å². The molecule has 0 saturated carbocycles. The van der Waals surface area contributed by atoms with Gasteiger partial charge >= 0.3 is 6.09 Å². The molecule has 2 unspecified atom stereocenters. The van der Waals surface area contributed by atoms with Gasteiger partial charge in [-0.05, 0) is 25.5 Å². The van der Waals surface area contributed by atoms with Gasteiger partial charge in [-0.25, -0.2) is 9.78 Å². The Morgan fingerprint density at radius 2 is 2.17 bits per heavy atom. The number of primary amides is 1. The molecule has 7 N–H and O–H groups in total. The number of nitrogens with one attached hydrogen (secondary N) is 3. The van der Waals surface area contributed by atoms with Crippen molar-refractivity contribution < 1.29 is 19.8 Å². The summed E-state index contributed by atoms with van der Waals surface area (Å²) in [5.41, 5.74) is 6.93. The molecule has 2 amide bonds. The maximum Gasteiger partial charge on any atom is 0.404 e. The Kier molecular flexibility index (Phi) is 6.95. The molecule has 3 aromatic rings. The Morgan fingerprint density at radius 3 is 2.81 bits per heavy atom. The minimum Gasteiger partial charge on any atom is -0.465 e. The summed E-state index contributed by atoms with van der Waals surface area (Å²) in [5, 5.41) is 41.7. The number of rotatable bonds is 7. The summed E-state index contributed by atoms with van der Waals surface area (Å²) in [5.74, 6) is -0.244. The fraction of sp³-hybridized carbons (Fsp3) is 0.333. The second-order valence-corrected chi connectivity index (χ2v) is 8.39. The van der Waals surface area contributed by atoms with Gasteiger partial charge in [0.15, 0.2) is 17.2 Å². The number of carbonyl (C=O) groups is 2. The lowest BCUT2D eigenvalue weighted by atomic mass is 10.0. The number of nitrogens with zero attached hydrogens (tertiary/aromatic N) is 6. The molecule has 15 heteroatoms. The molecular formula is C21H23ClN10O4. The summed E-state index contributed by atoms with van der Waals surface area (Å²) in [4.78, 5) is 33.4. The molecule has 3 heterocycles. The molecule has 2 aromatic heterocycles. The smallest absolute Gasteiger partial charge is 0.404 e. The number of fused-ring (bicyclic) bond motifs is 1. The molecule has 1 saturated heterocycles. The lowest BCUT2D eigenvalue weighted by Gasteiger charge is -2.37. The Morgan fingerprint density at radius 1 is 1.39 bits per heavy atom. The molecular weight excluding hydrogens is 492 g/mol. The lowest BCUT2D eigenvalue weighted by Crippen LogP contribution is -2.54. The maximum absolute atomic E-state index is 12.1. The van der Waals surface area contributed by atoms with E-state index in [-0.39, 0.29) is 34.5 Å². The first-order chi connectivity index (χ1) is 17.2. The number of nitrogens with two attached hydrogens (primary N) is 1. The number of nitriles is 1. The molecule has 0 spiro atoms. The molecule has 4 rings (SSSR count). The highest BCUT2D eigenvalue weighted by Crippen LogP contribution is 2.37. The topological polar surface area (TPSA) is 207 Å². The summed E-state index contributed by atoms with van der Waals surface area (Å²) in [7, 11) is 0. The monoisotopic (exact) mass is 514 g/mol. The molecule has 0 bridgehead atoms. The van der Waals surface area contributed by atoms with E-state index in [4.69, 9.17) is 22.4 Å². The molecule has 1 aromatic carbocycles. The van der Waals surface area contributed by atoms with Gasteiger partial charge in [-0.15, -0.1) is 5.10 Å². The average Bonchev–Trinajstić information content (AvgIpc) is 3.25. The van der Waals surface area contributed by atoms with Crippen LogP contribution in [0, 0.1) is 11.3 Å². The van der Waals surface area contributed by atoms with Gasteiger partial charge in [0.2, 0.25) is 11.9 Å². The first-order valence-electron chi connectivity index (χ1n) is 10.9. The third-order valence-electron chi connectivity index (χ3n) is 5.64. The minimum atomic E-state index is -1.22. The summed E-state index contributed by atoms with van der Waals surface area (Å²) < 4.78 is 1.33. The van der Waals surface area contributed by atoms with Crippen molar-refractivity contribution in [3.63, 3.8) is 0 Å². The third-order valence-corrected chi connectivity index (χ3v) is 6.03. The van der Waals surface area contributed by atoms with E-state index < -0.39 is 24.1 Å². The van der Waals surface area contributed by atoms with Gasteiger partial charge < -0.3 is 36.8 Å². The molecule has 14 nitrogen and oxygen atoms in total. The van der Waals surface area contributed by atoms with Gasteiger partial charge in [0.1, 0.15) is 6.07 Å². The Hall–Kier alpha value is -4.35. The maximum atomic E-state index is 12.1. The number of β-amino-alcohol motifs (C(OH)–C–C–N with tert-alkyl or cyclic N) is 1. The molecule has 1 aliphatic rings. The average molecular weight is 515 g/mol. The van der Waals surface area contributed by atoms with Gasteiger partial charge in [-0.2, -0.15) is 14.8 Å². The Bertz CT molecular complexity index is 1370. The number of aliphatic hydroxyl groups is 1. The number of aliphatic hydroxyl groups excluding tert-OH is 1. The van der Waals surface area contributed by atoms with Crippen LogP contribution in [0.4, 0.5) is 27.9 Å². The van der Waals surface area contributed by atoms with Crippen molar-refractivity contribution in [2.75, 3.05) is 35.2 Å². The number of hydrogen-bond acceptors (Lipinski definition) is 10. The van der Waals surface area contributed by atoms with Crippen LogP contribution in [0.2, 0.25) is 5.02 Å². The first-order valence-corrected chi connectivity index (χ1v) is 11.3. The highest BCUT2D eigenvalue weighted by Gasteiger charge is 2.31. The van der Waals surface area contributed by atoms with Crippen LogP contribution in [0.25, 0.3) is 5.65 Å². The predicted molar refractivity (Wildman–Crippen MR) is 131 cm³/mol. The van der Waals surface area contributed by atoms with E-state index in [0.717, 1.165) is 0 Å². The quantitative estimate of drug-likeness (QED) is 0.263. The van der Waals surface area contributed by atoms with Crippen LogP contribution in [-0.4, -0.2) is 73.6 Å². The number of aromatic nitrogens is 4. The number of benzene rings is 1. The lowest BCUT2D eigenvalue weighted by molar-refractivity contribution is 0.1000. The summed E-state index contributed by atoms with van der Waals surface area (Å²) >= 11 is 6.70. The zero-order chi connectivity index (χ0) is 26.0. The third kappa shape index (κ3) is 4.88. The standard InChI is InChI=1S/C21H23ClN10O4/c1-2-25-18-19-26-8-11(7-23)32(19)30-20(29-18)27-13-5-10(17(24)34)6-14(16(13)22)31-4-3-12(15(33)9-31)28-21(35)36/h5-6,8,12,15,28,33H,2-4,9H2,1H3,(H2,24,34)(H,35,36)(H2,25,27,29,30). The number of halogens is 1. The predicted octanol–water partition coefficient (Wildman–Crippen LogP) is 1.13. The molecule has 188 valence electrons. The number of carboxylic acid groups (broad SMARTS) is 1. The fourth-order valence-corrected chi connectivity index (χ4v) is 4.24. The second-order valence-electron chi connectivity index (χ2n) is 8.01. The summed E-state index contributed by atoms with van der Waals surface area (Å²) in [6, 6.07) is 4.33. The number of carbonyl (C=O) groups excluding carboxylic acids is 1. The summed E-state index contributed by atoms with van der Waals surface area (Å²) in [6.45, 7) is 2.84. The number of hydrogen-bond donors (Lipinski definition) is 6. The zero-order valence-corrected chi connectivity index (χ0v) is 19.8. The minimum absolute atomic E-state index is 0.0694. The van der Waals surface area contributed by atoms with Crippen LogP contribution in [0.5, 0.6) is 0 Å². The normalized spacial score (nSPS) is 17.4. The number of piperidine rings is 1. The molecule has 0 radical (unpaired) electrons. The van der Waals surface area contributed by atoms with E-state index in [1.54, 1.807) is 4.90 Å². The van der Waals surface area contributed by atoms with E-state index in [9.17, 15) is 20.0 Å². The van der Waals surface area contributed by atoms with Gasteiger partial charge in [-0.3, -0.25) is 4.79 Å². The number of amides is 2. The first kappa shape index (κ1) is 24.8. The number of anilines is 4. The van der Waals surface area contributed by atoms with E-state index >= 15 is 0 Å². The highest BCUT2D eigenvalue weighted by molar-refractivity contribution is 6.36. The van der Waals surface area contributed by atoms with Crippen molar-refractivity contribution in [3.8, 4) is 6.07 Å². The van der Waals surface area contributed by atoms with Crippen molar-refractivity contribution in [1.82, 2.24) is 24.9 Å². The zero-order valence-electron chi connectivity index (χ0n) is 19.1. The molecule has 36 heavy (non-hydrogen) atoms. The van der Waals surface area contributed by atoms with E-state index in [1.165, 1.54) is 22.8 Å². The SMILES string of the molecule is CCNc1nc(Nc2cc(C(N)=O)cc(N3CCC(NC(=O)O)C(O)C3)c2Cl)nn2c(C#N)cnc12. The van der Waals surface area contributed by atoms with Gasteiger partial charge in [-0.1, -0.05) is 11.6 Å². The van der Waals surface area contributed by atoms with Crippen LogP contribution in [0.3, 0.4) is 0 Å². The largest absolute Gasteiger partial charge is 0.465 e. The van der Waals surface area contributed by atoms with Gasteiger partial charge in [0.05, 0.1) is 34.7 Å². The number of imidazole rings is 1. The van der Waals surface area contributed by atoms with Gasteiger partial charge in [0.25, 0.3) is 0 Å². The molecule has 2 atom stereocenters. The van der Waals surface area contributed by atoms with E-state index in [0.29, 0.717) is 36.7 Å². The van der Waals surface area contributed by atoms with Gasteiger partial charge in [0, 0.05) is 25.2 Å². The Labute approximate surface area is 209 Å². The van der Waals surface area contributed by atoms with Crippen molar-refractivity contribution in [3.05, 3.63) is 34.6 Å². The van der Waals surface area contributed by atoms with Crippen LogP contribution in [-0.2, 0) is 0 Å². The molecule has 0 aliphatic carbocycles. The highest BCUT2D eigenvalue weighted by atomic mass is 35.5. The molecule has 1 aliphatic heterocycles. The Balaban J connectivity index is 1.72. The fourth-order valence-electron chi connectivity index (χ4n) is 3.97. The van der Waals surface area contributed by atoms with Crippen molar-refractivity contribution in [1.29, 1.82) is 5.26 Å². The summed E-state index contributed by atoms with van der Waals surface area (Å²) in [6.07, 6.45) is -0.532.